The van der Waals surface area contributed by atoms with Crippen molar-refractivity contribution < 1.29 is 9.59 Å². The Labute approximate surface area is 176 Å². The zero-order valence-corrected chi connectivity index (χ0v) is 18.0. The molecular formula is C24H37N3O2. The Morgan fingerprint density at radius 2 is 1.62 bits per heavy atom. The number of unbranched alkanes of at least 4 members (excludes halogenated alkanes) is 1. The third-order valence-electron chi connectivity index (χ3n) is 6.44. The van der Waals surface area contributed by atoms with E-state index in [4.69, 9.17) is 0 Å². The van der Waals surface area contributed by atoms with Crippen molar-refractivity contribution in [3.8, 4) is 0 Å². The molecule has 2 fully saturated rings. The highest BCUT2D eigenvalue weighted by Gasteiger charge is 2.25. The van der Waals surface area contributed by atoms with E-state index >= 15 is 0 Å². The number of piperazine rings is 1. The lowest BCUT2D eigenvalue weighted by Crippen LogP contribution is -2.47. The number of amides is 2. The van der Waals surface area contributed by atoms with Gasteiger partial charge in [-0.15, -0.1) is 0 Å². The Hall–Kier alpha value is -1.88. The average Bonchev–Trinajstić information content (AvgIpc) is 2.76. The van der Waals surface area contributed by atoms with E-state index in [-0.39, 0.29) is 0 Å². The summed E-state index contributed by atoms with van der Waals surface area (Å²) in [6.07, 6.45) is 7.49. The predicted octanol–water partition coefficient (Wildman–Crippen LogP) is 3.19. The van der Waals surface area contributed by atoms with Crippen LogP contribution in [0, 0.1) is 5.92 Å². The molecule has 2 amide bonds. The first-order chi connectivity index (χ1) is 14.1. The molecular weight excluding hydrogens is 362 g/mol. The molecule has 1 aromatic carbocycles. The van der Waals surface area contributed by atoms with Gasteiger partial charge in [0.2, 0.25) is 11.8 Å². The van der Waals surface area contributed by atoms with Gasteiger partial charge < -0.3 is 14.7 Å². The summed E-state index contributed by atoms with van der Waals surface area (Å²) in [4.78, 5) is 31.4. The van der Waals surface area contributed by atoms with Crippen molar-refractivity contribution >= 4 is 11.8 Å². The van der Waals surface area contributed by atoms with Crippen molar-refractivity contribution in [3.05, 3.63) is 35.9 Å². The number of likely N-dealkylation sites (tertiary alicyclic amines) is 1. The van der Waals surface area contributed by atoms with Crippen LogP contribution in [0.2, 0.25) is 0 Å². The van der Waals surface area contributed by atoms with E-state index in [0.29, 0.717) is 30.6 Å². The van der Waals surface area contributed by atoms with E-state index in [9.17, 15) is 9.59 Å². The molecule has 0 saturated carbocycles. The highest BCUT2D eigenvalue weighted by Crippen LogP contribution is 2.22. The summed E-state index contributed by atoms with van der Waals surface area (Å²) in [5.74, 6) is 1.07. The Kier molecular flexibility index (Phi) is 8.53. The van der Waals surface area contributed by atoms with Gasteiger partial charge >= 0.3 is 0 Å². The molecule has 1 atom stereocenters. The number of benzene rings is 1. The topological polar surface area (TPSA) is 43.9 Å². The Balaban J connectivity index is 1.32. The Bertz CT molecular complexity index is 641. The molecule has 5 heteroatoms. The van der Waals surface area contributed by atoms with Crippen LogP contribution in [0.25, 0.3) is 0 Å². The molecule has 2 aliphatic rings. The van der Waals surface area contributed by atoms with Gasteiger partial charge in [0, 0.05) is 52.1 Å². The first kappa shape index (κ1) is 21.8. The van der Waals surface area contributed by atoms with Gasteiger partial charge in [0.05, 0.1) is 0 Å². The molecule has 0 unspecified atom stereocenters. The third kappa shape index (κ3) is 7.14. The number of carbonyl (C=O) groups is 2. The summed E-state index contributed by atoms with van der Waals surface area (Å²) in [6.45, 7) is 5.39. The Morgan fingerprint density at radius 1 is 0.897 bits per heavy atom. The number of likely N-dealkylation sites (N-methyl/N-ethyl adjacent to an activating group) is 1. The second-order valence-electron chi connectivity index (χ2n) is 8.76. The van der Waals surface area contributed by atoms with Gasteiger partial charge in [0.25, 0.3) is 0 Å². The first-order valence-electron chi connectivity index (χ1n) is 11.4. The molecule has 0 aromatic heterocycles. The molecule has 0 spiro atoms. The average molecular weight is 400 g/mol. The molecule has 2 aliphatic heterocycles. The lowest BCUT2D eigenvalue weighted by Gasteiger charge is -2.34. The molecule has 5 nitrogen and oxygen atoms in total. The maximum Gasteiger partial charge on any atom is 0.222 e. The van der Waals surface area contributed by atoms with Gasteiger partial charge in [-0.05, 0) is 57.1 Å². The number of carbonyl (C=O) groups excluding carboxylic acids is 2. The van der Waals surface area contributed by atoms with E-state index in [2.05, 4.69) is 41.1 Å². The number of rotatable bonds is 8. The summed E-state index contributed by atoms with van der Waals surface area (Å²) >= 11 is 0. The summed E-state index contributed by atoms with van der Waals surface area (Å²) in [5, 5.41) is 0. The minimum absolute atomic E-state index is 0.294. The maximum absolute atomic E-state index is 12.6. The van der Waals surface area contributed by atoms with E-state index < -0.39 is 0 Å². The van der Waals surface area contributed by atoms with Crippen LogP contribution in [0.15, 0.2) is 30.3 Å². The second kappa shape index (κ2) is 11.3. The summed E-state index contributed by atoms with van der Waals surface area (Å²) in [5.41, 5.74) is 1.35. The predicted molar refractivity (Wildman–Crippen MR) is 117 cm³/mol. The number of hydrogen-bond donors (Lipinski definition) is 0. The maximum atomic E-state index is 12.6. The molecule has 0 aliphatic carbocycles. The summed E-state index contributed by atoms with van der Waals surface area (Å²) < 4.78 is 0. The molecule has 0 N–H and O–H groups in total. The van der Waals surface area contributed by atoms with Gasteiger partial charge in [-0.2, -0.15) is 0 Å². The molecule has 0 radical (unpaired) electrons. The van der Waals surface area contributed by atoms with Crippen LogP contribution in [0.5, 0.6) is 0 Å². The smallest absolute Gasteiger partial charge is 0.222 e. The first-order valence-corrected chi connectivity index (χ1v) is 11.4. The summed E-state index contributed by atoms with van der Waals surface area (Å²) in [6, 6.07) is 10.5. The molecule has 29 heavy (non-hydrogen) atoms. The quantitative estimate of drug-likeness (QED) is 0.631. The van der Waals surface area contributed by atoms with Crippen LogP contribution in [0.4, 0.5) is 0 Å². The van der Waals surface area contributed by atoms with Crippen LogP contribution in [-0.2, 0) is 16.0 Å². The monoisotopic (exact) mass is 399 g/mol. The fourth-order valence-electron chi connectivity index (χ4n) is 4.48. The zero-order valence-electron chi connectivity index (χ0n) is 18.0. The minimum Gasteiger partial charge on any atom is -0.342 e. The molecule has 0 bridgehead atoms. The fourth-order valence-corrected chi connectivity index (χ4v) is 4.48. The Morgan fingerprint density at radius 3 is 2.38 bits per heavy atom. The lowest BCUT2D eigenvalue weighted by molar-refractivity contribution is -0.133. The van der Waals surface area contributed by atoms with Crippen molar-refractivity contribution in [2.75, 3.05) is 46.3 Å². The van der Waals surface area contributed by atoms with Gasteiger partial charge in [0.1, 0.15) is 0 Å². The van der Waals surface area contributed by atoms with Crippen molar-refractivity contribution in [1.29, 1.82) is 0 Å². The van der Waals surface area contributed by atoms with Crippen molar-refractivity contribution in [1.82, 2.24) is 14.7 Å². The molecule has 2 saturated heterocycles. The van der Waals surface area contributed by atoms with Gasteiger partial charge in [0.15, 0.2) is 0 Å². The van der Waals surface area contributed by atoms with Crippen LogP contribution in [0.3, 0.4) is 0 Å². The van der Waals surface area contributed by atoms with E-state index in [0.717, 1.165) is 77.8 Å². The number of nitrogens with zero attached hydrogens (tertiary/aromatic N) is 3. The normalized spacial score (nSPS) is 20.7. The van der Waals surface area contributed by atoms with E-state index in [1.165, 1.54) is 5.56 Å². The molecule has 2 heterocycles. The fraction of sp³-hybridized carbons (Fsp3) is 0.667. The number of aryl methyl sites for hydroxylation is 1. The standard InChI is InChI=1S/C24H37N3O2/c1-25-16-18-26(19-17-25)24(29)14-13-22-11-7-15-27(20-22)23(28)12-6-5-10-21-8-3-2-4-9-21/h2-4,8-9,22H,5-7,10-20H2,1H3/t22-/m0/s1. The minimum atomic E-state index is 0.294. The van der Waals surface area contributed by atoms with Crippen LogP contribution in [0.1, 0.15) is 50.5 Å². The number of hydrogen-bond acceptors (Lipinski definition) is 3. The molecule has 1 aromatic rings. The SMILES string of the molecule is CN1CCN(C(=O)CC[C@@H]2CCCN(C(=O)CCCCc3ccccc3)C2)CC1. The zero-order chi connectivity index (χ0) is 20.5. The third-order valence-corrected chi connectivity index (χ3v) is 6.44. The lowest BCUT2D eigenvalue weighted by atomic mass is 9.92. The van der Waals surface area contributed by atoms with Crippen LogP contribution in [-0.4, -0.2) is 72.8 Å². The van der Waals surface area contributed by atoms with Crippen molar-refractivity contribution in [3.63, 3.8) is 0 Å². The highest BCUT2D eigenvalue weighted by atomic mass is 16.2. The van der Waals surface area contributed by atoms with E-state index in [1.54, 1.807) is 0 Å². The van der Waals surface area contributed by atoms with Crippen molar-refractivity contribution in [2.45, 2.75) is 51.4 Å². The second-order valence-corrected chi connectivity index (χ2v) is 8.76. The van der Waals surface area contributed by atoms with Crippen molar-refractivity contribution in [2.24, 2.45) is 5.92 Å². The molecule has 160 valence electrons. The number of piperidine rings is 1. The van der Waals surface area contributed by atoms with Crippen LogP contribution >= 0.6 is 0 Å². The molecule has 3 rings (SSSR count). The van der Waals surface area contributed by atoms with E-state index in [1.807, 2.05) is 11.0 Å². The highest BCUT2D eigenvalue weighted by molar-refractivity contribution is 5.77. The summed E-state index contributed by atoms with van der Waals surface area (Å²) in [7, 11) is 2.11. The van der Waals surface area contributed by atoms with Crippen LogP contribution < -0.4 is 0 Å². The van der Waals surface area contributed by atoms with Gasteiger partial charge in [-0.25, -0.2) is 0 Å². The van der Waals surface area contributed by atoms with Gasteiger partial charge in [-0.1, -0.05) is 30.3 Å². The largest absolute Gasteiger partial charge is 0.342 e. The van der Waals surface area contributed by atoms with Gasteiger partial charge in [-0.3, -0.25) is 9.59 Å².